The molecule has 3 rings (SSSR count). The summed E-state index contributed by atoms with van der Waals surface area (Å²) in [6.45, 7) is 0.0156. The van der Waals surface area contributed by atoms with Crippen molar-refractivity contribution in [2.75, 3.05) is 12.4 Å². The van der Waals surface area contributed by atoms with E-state index in [0.717, 1.165) is 6.42 Å². The monoisotopic (exact) mass is 366 g/mol. The van der Waals surface area contributed by atoms with Crippen LogP contribution >= 0.6 is 11.8 Å². The number of β-lactam (4-membered cyclic amide) rings is 1. The number of benzene rings is 1. The molecule has 0 radical (unpaired) electrons. The number of non-ortho nitro benzene ring substituents is 1. The zero-order valence-electron chi connectivity index (χ0n) is 13.4. The van der Waals surface area contributed by atoms with Crippen molar-refractivity contribution in [3.63, 3.8) is 0 Å². The van der Waals surface area contributed by atoms with Crippen LogP contribution in [0.2, 0.25) is 0 Å². The van der Waals surface area contributed by atoms with Gasteiger partial charge in [0, 0.05) is 35.6 Å². The number of aliphatic hydroxyl groups is 1. The van der Waals surface area contributed by atoms with Crippen LogP contribution < -0.4 is 0 Å². The molecule has 2 aliphatic heterocycles. The number of ether oxygens (including phenoxy) is 1. The molecule has 2 unspecified atom stereocenters. The van der Waals surface area contributed by atoms with Crippen molar-refractivity contribution in [2.24, 2.45) is 0 Å². The third-order valence-electron chi connectivity index (χ3n) is 4.44. The number of nitro groups is 1. The largest absolute Gasteiger partial charge is 0.459 e. The number of carbonyl (C=O) groups is 2. The van der Waals surface area contributed by atoms with Gasteiger partial charge in [0.05, 0.1) is 11.5 Å². The third-order valence-corrected chi connectivity index (χ3v) is 5.74. The lowest BCUT2D eigenvalue weighted by Crippen LogP contribution is -2.55. The van der Waals surface area contributed by atoms with E-state index in [0.29, 0.717) is 17.7 Å². The highest BCUT2D eigenvalue weighted by molar-refractivity contribution is 8.00. The number of hydrogen-bond acceptors (Lipinski definition) is 7. The van der Waals surface area contributed by atoms with Crippen LogP contribution in [0.1, 0.15) is 18.4 Å². The summed E-state index contributed by atoms with van der Waals surface area (Å²) in [7, 11) is 0. The summed E-state index contributed by atoms with van der Waals surface area (Å²) >= 11 is 1.48. The minimum atomic E-state index is -0.624. The van der Waals surface area contributed by atoms with E-state index in [4.69, 9.17) is 9.84 Å². The molecule has 0 spiro atoms. The maximum Gasteiger partial charge on any atom is 0.330 e. The average Bonchev–Trinajstić information content (AvgIpc) is 2.90. The molecule has 2 saturated heterocycles. The van der Waals surface area contributed by atoms with Gasteiger partial charge in [-0.1, -0.05) is 0 Å². The summed E-state index contributed by atoms with van der Waals surface area (Å²) in [5, 5.41) is 19.6. The summed E-state index contributed by atoms with van der Waals surface area (Å²) in [6, 6.07) is 5.24. The van der Waals surface area contributed by atoms with E-state index in [1.807, 2.05) is 0 Å². The zero-order valence-corrected chi connectivity index (χ0v) is 14.2. The normalized spacial score (nSPS) is 24.6. The van der Waals surface area contributed by atoms with Crippen LogP contribution in [0.15, 0.2) is 24.3 Å². The molecule has 0 aliphatic carbocycles. The van der Waals surface area contributed by atoms with Crippen LogP contribution in [-0.2, 0) is 20.9 Å². The summed E-state index contributed by atoms with van der Waals surface area (Å²) in [6.07, 6.45) is 1.19. The van der Waals surface area contributed by atoms with Crippen LogP contribution in [0.3, 0.4) is 0 Å². The van der Waals surface area contributed by atoms with Crippen molar-refractivity contribution in [3.05, 3.63) is 39.9 Å². The highest BCUT2D eigenvalue weighted by Gasteiger charge is 2.54. The molecule has 1 N–H and O–H groups in total. The first-order chi connectivity index (χ1) is 12.0. The number of aliphatic hydroxyl groups excluding tert-OH is 1. The molecule has 2 aliphatic rings. The molecule has 0 bridgehead atoms. The Kier molecular flexibility index (Phi) is 5.24. The molecular weight excluding hydrogens is 348 g/mol. The zero-order chi connectivity index (χ0) is 18.0. The minimum absolute atomic E-state index is 0.00257. The molecule has 1 aromatic carbocycles. The van der Waals surface area contributed by atoms with E-state index in [1.165, 1.54) is 36.0 Å². The fourth-order valence-corrected chi connectivity index (χ4v) is 4.43. The molecule has 25 heavy (non-hydrogen) atoms. The van der Waals surface area contributed by atoms with Crippen LogP contribution in [0.4, 0.5) is 5.69 Å². The lowest BCUT2D eigenvalue weighted by atomic mass is 10.0. The Hall–Kier alpha value is -2.13. The summed E-state index contributed by atoms with van der Waals surface area (Å²) in [5.74, 6) is -0.00956. The number of nitro benzene ring substituents is 1. The van der Waals surface area contributed by atoms with E-state index in [2.05, 4.69) is 0 Å². The minimum Gasteiger partial charge on any atom is -0.459 e. The van der Waals surface area contributed by atoms with Crippen molar-refractivity contribution >= 4 is 29.3 Å². The van der Waals surface area contributed by atoms with E-state index in [-0.39, 0.29) is 36.1 Å². The van der Waals surface area contributed by atoms with Gasteiger partial charge in [-0.15, -0.1) is 0 Å². The number of rotatable bonds is 7. The van der Waals surface area contributed by atoms with Gasteiger partial charge in [0.2, 0.25) is 5.91 Å². The molecule has 1 aromatic rings. The number of esters is 1. The fraction of sp³-hybridized carbons (Fsp3) is 0.500. The first kappa shape index (κ1) is 17.7. The Morgan fingerprint density at radius 2 is 2.12 bits per heavy atom. The number of thioether (sulfide) groups is 1. The summed E-state index contributed by atoms with van der Waals surface area (Å²) < 4.78 is 5.35. The Morgan fingerprint density at radius 1 is 1.40 bits per heavy atom. The third kappa shape index (κ3) is 3.62. The van der Waals surface area contributed by atoms with Gasteiger partial charge in [-0.2, -0.15) is 11.8 Å². The number of fused-ring (bicyclic) bond motifs is 1. The van der Waals surface area contributed by atoms with Gasteiger partial charge in [-0.3, -0.25) is 14.9 Å². The maximum atomic E-state index is 12.5. The van der Waals surface area contributed by atoms with Gasteiger partial charge in [0.25, 0.3) is 5.69 Å². The van der Waals surface area contributed by atoms with Crippen molar-refractivity contribution in [2.45, 2.75) is 36.8 Å². The molecule has 9 heteroatoms. The first-order valence-corrected chi connectivity index (χ1v) is 8.99. The first-order valence-electron chi connectivity index (χ1n) is 7.95. The SMILES string of the molecule is O=C(OCc1ccc([N+](=O)[O-])cc1)[C@H]1C(SCCO)CC2CC(=O)N21. The van der Waals surface area contributed by atoms with Gasteiger partial charge in [-0.25, -0.2) is 4.79 Å². The molecule has 2 fully saturated rings. The maximum absolute atomic E-state index is 12.5. The highest BCUT2D eigenvalue weighted by Crippen LogP contribution is 2.41. The van der Waals surface area contributed by atoms with Crippen molar-refractivity contribution in [1.82, 2.24) is 4.90 Å². The van der Waals surface area contributed by atoms with E-state index in [1.54, 1.807) is 4.90 Å². The Bertz CT molecular complexity index is 680. The molecule has 0 aromatic heterocycles. The predicted octanol–water partition coefficient (Wildman–Crippen LogP) is 1.11. The van der Waals surface area contributed by atoms with Crippen LogP contribution in [0, 0.1) is 10.1 Å². The summed E-state index contributed by atoms with van der Waals surface area (Å²) in [4.78, 5) is 36.1. The Balaban J connectivity index is 1.62. The summed E-state index contributed by atoms with van der Waals surface area (Å²) in [5.41, 5.74) is 0.614. The molecular formula is C16H18N2O6S. The Labute approximate surface area is 148 Å². The van der Waals surface area contributed by atoms with Crippen molar-refractivity contribution in [3.8, 4) is 0 Å². The lowest BCUT2D eigenvalue weighted by Gasteiger charge is -2.37. The van der Waals surface area contributed by atoms with Crippen LogP contribution in [0.25, 0.3) is 0 Å². The number of carbonyl (C=O) groups excluding carboxylic acids is 2. The fourth-order valence-electron chi connectivity index (χ4n) is 3.23. The van der Waals surface area contributed by atoms with E-state index < -0.39 is 16.9 Å². The number of amides is 1. The van der Waals surface area contributed by atoms with Crippen LogP contribution in [0.5, 0.6) is 0 Å². The highest BCUT2D eigenvalue weighted by atomic mass is 32.2. The molecule has 134 valence electrons. The van der Waals surface area contributed by atoms with E-state index in [9.17, 15) is 19.7 Å². The molecule has 3 atom stereocenters. The molecule has 0 saturated carbocycles. The standard InChI is InChI=1S/C16H18N2O6S/c19-5-6-25-13-7-12-8-14(20)17(12)15(13)16(21)24-9-10-1-3-11(4-2-10)18(22)23/h1-4,12-13,15,19H,5-9H2/t12?,13?,15-/m1/s1. The average molecular weight is 366 g/mol. The molecule has 8 nitrogen and oxygen atoms in total. The Morgan fingerprint density at radius 3 is 2.72 bits per heavy atom. The molecule has 2 heterocycles. The van der Waals surface area contributed by atoms with Gasteiger partial charge in [0.15, 0.2) is 0 Å². The lowest BCUT2D eigenvalue weighted by molar-refractivity contribution is -0.384. The number of hydrogen-bond donors (Lipinski definition) is 1. The van der Waals surface area contributed by atoms with Gasteiger partial charge in [-0.05, 0) is 24.1 Å². The second-order valence-electron chi connectivity index (χ2n) is 6.00. The van der Waals surface area contributed by atoms with Gasteiger partial charge < -0.3 is 14.7 Å². The number of nitrogens with zero attached hydrogens (tertiary/aromatic N) is 2. The van der Waals surface area contributed by atoms with Gasteiger partial charge >= 0.3 is 5.97 Å². The van der Waals surface area contributed by atoms with Crippen molar-refractivity contribution < 1.29 is 24.4 Å². The topological polar surface area (TPSA) is 110 Å². The van der Waals surface area contributed by atoms with Gasteiger partial charge in [0.1, 0.15) is 12.6 Å². The molecule has 1 amide bonds. The van der Waals surface area contributed by atoms with Crippen molar-refractivity contribution in [1.29, 1.82) is 0 Å². The predicted molar refractivity (Wildman–Crippen MR) is 89.9 cm³/mol. The smallest absolute Gasteiger partial charge is 0.330 e. The quantitative estimate of drug-likeness (QED) is 0.333. The second-order valence-corrected chi connectivity index (χ2v) is 7.35. The van der Waals surface area contributed by atoms with E-state index >= 15 is 0 Å². The second kappa shape index (κ2) is 7.40. The van der Waals surface area contributed by atoms with Crippen LogP contribution in [-0.4, -0.2) is 56.5 Å².